The Morgan fingerprint density at radius 2 is 2.00 bits per heavy atom. The molecule has 0 aliphatic rings. The lowest BCUT2D eigenvalue weighted by Gasteiger charge is -2.22. The molecule has 4 rings (SSSR count). The molecule has 27 heavy (non-hydrogen) atoms. The number of hydrogen-bond acceptors (Lipinski definition) is 4. The Morgan fingerprint density at radius 3 is 2.78 bits per heavy atom. The lowest BCUT2D eigenvalue weighted by atomic mass is 10.2. The van der Waals surface area contributed by atoms with Crippen molar-refractivity contribution in [3.8, 4) is 0 Å². The number of amides is 1. The summed E-state index contributed by atoms with van der Waals surface area (Å²) >= 11 is 1.15. The molecule has 0 saturated carbocycles. The minimum Gasteiger partial charge on any atom is -0.305 e. The molecule has 0 atom stereocenters. The van der Waals surface area contributed by atoms with Gasteiger partial charge in [-0.05, 0) is 36.8 Å². The Labute approximate surface area is 158 Å². The highest BCUT2D eigenvalue weighted by Gasteiger charge is 2.23. The maximum Gasteiger partial charge on any atom is 0.268 e. The number of fused-ring (bicyclic) bond motifs is 2. The van der Waals surface area contributed by atoms with Gasteiger partial charge in [-0.25, -0.2) is 9.37 Å². The van der Waals surface area contributed by atoms with Gasteiger partial charge in [-0.15, -0.1) is 11.3 Å². The lowest BCUT2D eigenvalue weighted by molar-refractivity contribution is 0.0990. The molecule has 0 N–H and O–H groups in total. The molecule has 1 aromatic carbocycles. The summed E-state index contributed by atoms with van der Waals surface area (Å²) in [5, 5.41) is 0.386. The largest absolute Gasteiger partial charge is 0.305 e. The highest BCUT2D eigenvalue weighted by molar-refractivity contribution is 7.20. The first-order valence-corrected chi connectivity index (χ1v) is 9.39. The van der Waals surface area contributed by atoms with Crippen LogP contribution in [0.15, 0.2) is 59.5 Å². The van der Waals surface area contributed by atoms with E-state index in [2.05, 4.69) is 4.98 Å². The number of carbonyl (C=O) groups excluding carboxylic acids is 1. The first-order chi connectivity index (χ1) is 13.1. The molecule has 1 amide bonds. The van der Waals surface area contributed by atoms with Crippen molar-refractivity contribution in [1.82, 2.24) is 9.38 Å². The van der Waals surface area contributed by atoms with E-state index in [9.17, 15) is 14.0 Å². The highest BCUT2D eigenvalue weighted by atomic mass is 32.1. The lowest BCUT2D eigenvalue weighted by Crippen LogP contribution is -2.31. The van der Waals surface area contributed by atoms with Crippen LogP contribution in [0.25, 0.3) is 15.9 Å². The third-order valence-electron chi connectivity index (χ3n) is 4.26. The molecule has 0 radical (unpaired) electrons. The second-order valence-corrected chi connectivity index (χ2v) is 7.11. The number of para-hydroxylation sites is 1. The smallest absolute Gasteiger partial charge is 0.268 e. The van der Waals surface area contributed by atoms with E-state index in [1.807, 2.05) is 6.92 Å². The van der Waals surface area contributed by atoms with Crippen LogP contribution >= 0.6 is 11.3 Å². The molecule has 7 heteroatoms. The molecule has 5 nitrogen and oxygen atoms in total. The normalized spacial score (nSPS) is 11.2. The van der Waals surface area contributed by atoms with Crippen molar-refractivity contribution in [3.05, 3.63) is 75.8 Å². The summed E-state index contributed by atoms with van der Waals surface area (Å²) in [5.41, 5.74) is 0.533. The van der Waals surface area contributed by atoms with Crippen molar-refractivity contribution in [2.75, 3.05) is 11.4 Å². The fourth-order valence-electron chi connectivity index (χ4n) is 3.01. The molecule has 0 unspecified atom stereocenters. The Hall–Kier alpha value is -3.06. The first-order valence-electron chi connectivity index (χ1n) is 8.57. The van der Waals surface area contributed by atoms with Crippen LogP contribution in [0.2, 0.25) is 0 Å². The summed E-state index contributed by atoms with van der Waals surface area (Å²) in [5.74, 6) is -0.789. The van der Waals surface area contributed by atoms with Crippen LogP contribution in [0.3, 0.4) is 0 Å². The van der Waals surface area contributed by atoms with Gasteiger partial charge in [-0.3, -0.25) is 14.0 Å². The molecular formula is C20H16FN3O2S. The number of anilines is 1. The van der Waals surface area contributed by atoms with Gasteiger partial charge in [0.25, 0.3) is 11.5 Å². The predicted octanol–water partition coefficient (Wildman–Crippen LogP) is 4.11. The predicted molar refractivity (Wildman–Crippen MR) is 105 cm³/mol. The number of aromatic nitrogens is 2. The maximum atomic E-state index is 14.2. The number of thiophene rings is 1. The molecule has 0 spiro atoms. The second kappa shape index (κ2) is 6.92. The van der Waals surface area contributed by atoms with E-state index in [1.165, 1.54) is 15.4 Å². The molecule has 0 fully saturated rings. The van der Waals surface area contributed by atoms with Gasteiger partial charge in [0.05, 0.1) is 16.0 Å². The van der Waals surface area contributed by atoms with Crippen LogP contribution in [-0.4, -0.2) is 21.8 Å². The van der Waals surface area contributed by atoms with Crippen molar-refractivity contribution in [2.45, 2.75) is 13.3 Å². The fraction of sp³-hybridized carbons (Fsp3) is 0.150. The zero-order chi connectivity index (χ0) is 19.0. The van der Waals surface area contributed by atoms with Gasteiger partial charge in [0.15, 0.2) is 0 Å². The number of pyridine rings is 1. The van der Waals surface area contributed by atoms with Gasteiger partial charge in [0.1, 0.15) is 16.3 Å². The van der Waals surface area contributed by atoms with Gasteiger partial charge in [-0.2, -0.15) is 0 Å². The SMILES string of the molecule is CCCN(C(=O)c1cc2c(=O)n3ccccc3nc2s1)c1ccccc1F. The summed E-state index contributed by atoms with van der Waals surface area (Å²) in [6, 6.07) is 13.0. The zero-order valence-electron chi connectivity index (χ0n) is 14.6. The molecule has 0 saturated heterocycles. The van der Waals surface area contributed by atoms with E-state index in [1.54, 1.807) is 48.7 Å². The molecular weight excluding hydrogens is 365 g/mol. The quantitative estimate of drug-likeness (QED) is 0.535. The number of carbonyl (C=O) groups is 1. The Bertz CT molecular complexity index is 1210. The minimum atomic E-state index is -0.454. The van der Waals surface area contributed by atoms with Crippen LogP contribution in [0.1, 0.15) is 23.0 Å². The van der Waals surface area contributed by atoms with Crippen LogP contribution < -0.4 is 10.5 Å². The van der Waals surface area contributed by atoms with Crippen molar-refractivity contribution in [2.24, 2.45) is 0 Å². The number of benzene rings is 1. The molecule has 0 aliphatic heterocycles. The van der Waals surface area contributed by atoms with Crippen LogP contribution in [-0.2, 0) is 0 Å². The van der Waals surface area contributed by atoms with Gasteiger partial charge >= 0.3 is 0 Å². The van der Waals surface area contributed by atoms with Gasteiger partial charge in [-0.1, -0.05) is 25.1 Å². The van der Waals surface area contributed by atoms with E-state index in [4.69, 9.17) is 0 Å². The van der Waals surface area contributed by atoms with Gasteiger partial charge < -0.3 is 4.90 Å². The Balaban J connectivity index is 1.84. The van der Waals surface area contributed by atoms with E-state index < -0.39 is 5.82 Å². The second-order valence-electron chi connectivity index (χ2n) is 6.08. The van der Waals surface area contributed by atoms with Crippen molar-refractivity contribution in [1.29, 1.82) is 0 Å². The third kappa shape index (κ3) is 3.00. The molecule has 0 bridgehead atoms. The fourth-order valence-corrected chi connectivity index (χ4v) is 3.99. The molecule has 136 valence electrons. The number of nitrogens with zero attached hydrogens (tertiary/aromatic N) is 3. The standard InChI is InChI=1S/C20H16FN3O2S/c1-2-10-23(15-8-4-3-7-14(15)21)20(26)16-12-13-18(27-16)22-17-9-5-6-11-24(17)19(13)25/h3-9,11-12H,2,10H2,1H3. The number of rotatable bonds is 4. The number of hydrogen-bond donors (Lipinski definition) is 0. The Morgan fingerprint density at radius 1 is 1.22 bits per heavy atom. The van der Waals surface area contributed by atoms with E-state index in [0.717, 1.165) is 11.3 Å². The first kappa shape index (κ1) is 17.4. The average Bonchev–Trinajstić information content (AvgIpc) is 3.11. The topological polar surface area (TPSA) is 54.7 Å². The average molecular weight is 381 g/mol. The summed E-state index contributed by atoms with van der Waals surface area (Å²) in [7, 11) is 0. The molecule has 3 heterocycles. The van der Waals surface area contributed by atoms with Crippen LogP contribution in [0, 0.1) is 5.82 Å². The van der Waals surface area contributed by atoms with Gasteiger partial charge in [0, 0.05) is 12.7 Å². The van der Waals surface area contributed by atoms with Crippen LogP contribution in [0.4, 0.5) is 10.1 Å². The monoisotopic (exact) mass is 381 g/mol. The summed E-state index contributed by atoms with van der Waals surface area (Å²) in [6.45, 7) is 2.30. The zero-order valence-corrected chi connectivity index (χ0v) is 15.4. The van der Waals surface area contributed by atoms with Crippen molar-refractivity contribution in [3.63, 3.8) is 0 Å². The van der Waals surface area contributed by atoms with Crippen molar-refractivity contribution < 1.29 is 9.18 Å². The number of halogens is 1. The maximum absolute atomic E-state index is 14.2. The minimum absolute atomic E-state index is 0.223. The molecule has 4 aromatic rings. The third-order valence-corrected chi connectivity index (χ3v) is 5.28. The highest BCUT2D eigenvalue weighted by Crippen LogP contribution is 2.27. The van der Waals surface area contributed by atoms with E-state index >= 15 is 0 Å². The Kier molecular flexibility index (Phi) is 4.45. The van der Waals surface area contributed by atoms with E-state index in [-0.39, 0.29) is 17.2 Å². The van der Waals surface area contributed by atoms with Crippen LogP contribution in [0.5, 0.6) is 0 Å². The summed E-state index contributed by atoms with van der Waals surface area (Å²) in [4.78, 5) is 32.5. The molecule has 0 aliphatic carbocycles. The van der Waals surface area contributed by atoms with E-state index in [0.29, 0.717) is 33.7 Å². The summed E-state index contributed by atoms with van der Waals surface area (Å²) in [6.07, 6.45) is 2.32. The summed E-state index contributed by atoms with van der Waals surface area (Å²) < 4.78 is 15.7. The molecule has 3 aromatic heterocycles. The van der Waals surface area contributed by atoms with Crippen molar-refractivity contribution >= 4 is 38.8 Å². The van der Waals surface area contributed by atoms with Gasteiger partial charge in [0.2, 0.25) is 0 Å².